The number of hydrogen-bond donors (Lipinski definition) is 3. The Bertz CT molecular complexity index is 755. The summed E-state index contributed by atoms with van der Waals surface area (Å²) in [4.78, 5) is 49.9. The molecule has 3 N–H and O–H groups in total. The average Bonchev–Trinajstić information content (AvgIpc) is 3.19. The summed E-state index contributed by atoms with van der Waals surface area (Å²) in [5.41, 5.74) is -0.0242. The van der Waals surface area contributed by atoms with Crippen LogP contribution in [0, 0.1) is 0 Å². The smallest absolute Gasteiger partial charge is 0.325 e. The molecule has 1 spiro atoms. The van der Waals surface area contributed by atoms with Crippen molar-refractivity contribution in [1.82, 2.24) is 15.5 Å². The van der Waals surface area contributed by atoms with E-state index in [9.17, 15) is 19.2 Å². The van der Waals surface area contributed by atoms with Gasteiger partial charge < -0.3 is 16.0 Å². The van der Waals surface area contributed by atoms with Crippen LogP contribution in [0.4, 0.5) is 10.5 Å². The zero-order valence-corrected chi connectivity index (χ0v) is 14.6. The molecule has 3 rings (SSSR count). The van der Waals surface area contributed by atoms with Crippen LogP contribution in [0.5, 0.6) is 0 Å². The van der Waals surface area contributed by atoms with Gasteiger partial charge in [-0.05, 0) is 25.0 Å². The normalized spacial score (nSPS) is 18.1. The summed E-state index contributed by atoms with van der Waals surface area (Å²) in [7, 11) is 1.51. The molecule has 0 aromatic heterocycles. The highest BCUT2D eigenvalue weighted by atomic mass is 16.2. The Morgan fingerprint density at radius 2 is 1.88 bits per heavy atom. The van der Waals surface area contributed by atoms with Crippen LogP contribution in [-0.4, -0.2) is 47.8 Å². The number of benzene rings is 1. The Balaban J connectivity index is 1.61. The van der Waals surface area contributed by atoms with Crippen LogP contribution in [-0.2, 0) is 9.59 Å². The molecule has 138 valence electrons. The average molecular weight is 358 g/mol. The van der Waals surface area contributed by atoms with Gasteiger partial charge in [-0.2, -0.15) is 0 Å². The third-order valence-corrected chi connectivity index (χ3v) is 4.94. The zero-order chi connectivity index (χ0) is 18.7. The summed E-state index contributed by atoms with van der Waals surface area (Å²) in [6, 6.07) is 6.22. The van der Waals surface area contributed by atoms with Crippen molar-refractivity contribution in [2.45, 2.75) is 37.6 Å². The van der Waals surface area contributed by atoms with E-state index in [2.05, 4.69) is 16.0 Å². The summed E-state index contributed by atoms with van der Waals surface area (Å²) >= 11 is 0. The van der Waals surface area contributed by atoms with Gasteiger partial charge in [0, 0.05) is 20.0 Å². The number of carbonyl (C=O) groups is 4. The van der Waals surface area contributed by atoms with Crippen molar-refractivity contribution in [1.29, 1.82) is 0 Å². The van der Waals surface area contributed by atoms with E-state index in [1.165, 1.54) is 7.05 Å². The van der Waals surface area contributed by atoms with Gasteiger partial charge in [-0.1, -0.05) is 25.0 Å². The molecule has 2 aliphatic rings. The van der Waals surface area contributed by atoms with Gasteiger partial charge in [-0.15, -0.1) is 0 Å². The summed E-state index contributed by atoms with van der Waals surface area (Å²) < 4.78 is 0. The highest BCUT2D eigenvalue weighted by molar-refractivity contribution is 6.08. The highest BCUT2D eigenvalue weighted by Gasteiger charge is 2.52. The fourth-order valence-electron chi connectivity index (χ4n) is 3.55. The molecule has 1 aromatic carbocycles. The summed E-state index contributed by atoms with van der Waals surface area (Å²) in [5.74, 6) is -0.911. The van der Waals surface area contributed by atoms with Gasteiger partial charge in [-0.3, -0.25) is 19.3 Å². The van der Waals surface area contributed by atoms with Crippen LogP contribution >= 0.6 is 0 Å². The van der Waals surface area contributed by atoms with Gasteiger partial charge >= 0.3 is 6.03 Å². The molecule has 0 bridgehead atoms. The van der Waals surface area contributed by atoms with Crippen LogP contribution < -0.4 is 16.0 Å². The summed E-state index contributed by atoms with van der Waals surface area (Å²) in [5, 5.41) is 7.97. The number of amides is 5. The first kappa shape index (κ1) is 17.9. The molecular formula is C18H22N4O4. The van der Waals surface area contributed by atoms with E-state index in [-0.39, 0.29) is 30.7 Å². The lowest BCUT2D eigenvalue weighted by molar-refractivity contribution is -0.131. The Hall–Kier alpha value is -2.90. The third kappa shape index (κ3) is 3.26. The quantitative estimate of drug-likeness (QED) is 0.688. The minimum Gasteiger partial charge on any atom is -0.355 e. The van der Waals surface area contributed by atoms with Crippen LogP contribution in [0.25, 0.3) is 0 Å². The lowest BCUT2D eigenvalue weighted by Gasteiger charge is -2.20. The van der Waals surface area contributed by atoms with E-state index >= 15 is 0 Å². The number of nitrogens with one attached hydrogen (secondary N) is 3. The van der Waals surface area contributed by atoms with E-state index in [4.69, 9.17) is 0 Å². The van der Waals surface area contributed by atoms with E-state index in [1.807, 2.05) is 0 Å². The minimum absolute atomic E-state index is 0.0143. The molecule has 1 saturated carbocycles. The zero-order valence-electron chi connectivity index (χ0n) is 14.6. The summed E-state index contributed by atoms with van der Waals surface area (Å²) in [6.07, 6.45) is 3.10. The molecule has 26 heavy (non-hydrogen) atoms. The molecule has 2 fully saturated rings. The van der Waals surface area contributed by atoms with Gasteiger partial charge in [0.15, 0.2) is 0 Å². The second kappa shape index (κ2) is 7.15. The van der Waals surface area contributed by atoms with Crippen LogP contribution in [0.3, 0.4) is 0 Å². The molecular weight excluding hydrogens is 336 g/mol. The first-order valence-electron chi connectivity index (χ1n) is 8.72. The number of rotatable bonds is 5. The highest BCUT2D eigenvalue weighted by Crippen LogP contribution is 2.35. The molecule has 0 atom stereocenters. The van der Waals surface area contributed by atoms with E-state index in [0.717, 1.165) is 17.7 Å². The number of nitrogens with zero attached hydrogens (tertiary/aromatic N) is 1. The largest absolute Gasteiger partial charge is 0.355 e. The second-order valence-electron chi connectivity index (χ2n) is 6.60. The second-order valence-corrected chi connectivity index (χ2v) is 6.60. The Morgan fingerprint density at radius 3 is 2.58 bits per heavy atom. The van der Waals surface area contributed by atoms with Crippen molar-refractivity contribution >= 4 is 29.4 Å². The maximum absolute atomic E-state index is 12.6. The predicted molar refractivity (Wildman–Crippen MR) is 94.5 cm³/mol. The van der Waals surface area contributed by atoms with Crippen LogP contribution in [0.2, 0.25) is 0 Å². The van der Waals surface area contributed by atoms with Crippen LogP contribution in [0.1, 0.15) is 42.5 Å². The number of urea groups is 1. The van der Waals surface area contributed by atoms with Crippen molar-refractivity contribution in [3.05, 3.63) is 29.8 Å². The van der Waals surface area contributed by atoms with Gasteiger partial charge in [0.2, 0.25) is 5.91 Å². The Labute approximate surface area is 151 Å². The van der Waals surface area contributed by atoms with E-state index < -0.39 is 11.6 Å². The Kier molecular flexibility index (Phi) is 4.92. The number of imide groups is 1. The fourth-order valence-corrected chi connectivity index (χ4v) is 3.55. The van der Waals surface area contributed by atoms with Crippen molar-refractivity contribution < 1.29 is 19.2 Å². The molecule has 1 aliphatic carbocycles. The fraction of sp³-hybridized carbons (Fsp3) is 0.444. The van der Waals surface area contributed by atoms with Crippen molar-refractivity contribution in [2.24, 2.45) is 0 Å². The Morgan fingerprint density at radius 1 is 1.19 bits per heavy atom. The lowest BCUT2D eigenvalue weighted by Crippen LogP contribution is -2.44. The number of anilines is 1. The van der Waals surface area contributed by atoms with E-state index in [1.54, 1.807) is 24.3 Å². The molecule has 0 radical (unpaired) electrons. The summed E-state index contributed by atoms with van der Waals surface area (Å²) in [6.45, 7) is 0.0143. The lowest BCUT2D eigenvalue weighted by atomic mass is 9.98. The van der Waals surface area contributed by atoms with Gasteiger partial charge in [0.05, 0.1) is 11.3 Å². The van der Waals surface area contributed by atoms with Crippen molar-refractivity contribution in [3.8, 4) is 0 Å². The third-order valence-electron chi connectivity index (χ3n) is 4.94. The number of carbonyl (C=O) groups excluding carboxylic acids is 4. The molecule has 1 saturated heterocycles. The molecule has 5 amide bonds. The van der Waals surface area contributed by atoms with Crippen molar-refractivity contribution in [2.75, 3.05) is 18.9 Å². The topological polar surface area (TPSA) is 108 Å². The minimum atomic E-state index is -0.765. The monoisotopic (exact) mass is 358 g/mol. The number of hydrogen-bond acceptors (Lipinski definition) is 4. The van der Waals surface area contributed by atoms with Crippen molar-refractivity contribution in [3.63, 3.8) is 0 Å². The molecule has 1 aromatic rings. The molecule has 0 unspecified atom stereocenters. The maximum Gasteiger partial charge on any atom is 0.325 e. The molecule has 1 aliphatic heterocycles. The van der Waals surface area contributed by atoms with Gasteiger partial charge in [-0.25, -0.2) is 4.79 Å². The molecule has 1 heterocycles. The van der Waals surface area contributed by atoms with Gasteiger partial charge in [0.1, 0.15) is 5.54 Å². The SMILES string of the molecule is CNC(=O)c1ccccc1NC(=O)CCN1C(=O)NC2(CCCC2)C1=O. The van der Waals surface area contributed by atoms with Gasteiger partial charge in [0.25, 0.3) is 11.8 Å². The van der Waals surface area contributed by atoms with E-state index in [0.29, 0.717) is 24.1 Å². The first-order valence-corrected chi connectivity index (χ1v) is 8.72. The molecule has 8 nitrogen and oxygen atoms in total. The first-order chi connectivity index (χ1) is 12.5. The van der Waals surface area contributed by atoms with Crippen LogP contribution in [0.15, 0.2) is 24.3 Å². The number of para-hydroxylation sites is 1. The predicted octanol–water partition coefficient (Wildman–Crippen LogP) is 1.24. The maximum atomic E-state index is 12.6. The standard InChI is InChI=1S/C18H22N4O4/c1-19-15(24)12-6-2-3-7-13(12)20-14(23)8-11-22-16(25)18(21-17(22)26)9-4-5-10-18/h2-3,6-7H,4-5,8-11H2,1H3,(H,19,24)(H,20,23)(H,21,26). The molecule has 8 heteroatoms.